The lowest BCUT2D eigenvalue weighted by Crippen LogP contribution is -2.52. The summed E-state index contributed by atoms with van der Waals surface area (Å²) >= 11 is 12.3. The van der Waals surface area contributed by atoms with E-state index in [1.165, 1.54) is 23.1 Å². The van der Waals surface area contributed by atoms with Crippen LogP contribution in [0.1, 0.15) is 38.3 Å². The molecule has 0 aromatic heterocycles. The fraction of sp³-hybridized carbons (Fsp3) is 0.417. The molecular formula is C24H31Cl2N3O4S. The maximum Gasteiger partial charge on any atom is 0.244 e. The van der Waals surface area contributed by atoms with E-state index in [4.69, 9.17) is 23.2 Å². The molecule has 0 radical (unpaired) electrons. The van der Waals surface area contributed by atoms with E-state index in [-0.39, 0.29) is 34.2 Å². The molecule has 0 saturated heterocycles. The van der Waals surface area contributed by atoms with Gasteiger partial charge in [-0.1, -0.05) is 54.4 Å². The second-order valence-corrected chi connectivity index (χ2v) is 11.1. The fourth-order valence-corrected chi connectivity index (χ4v) is 4.58. The number of carbonyl (C=O) groups excluding carboxylic acids is 2. The van der Waals surface area contributed by atoms with Gasteiger partial charge in [0.05, 0.1) is 17.0 Å². The summed E-state index contributed by atoms with van der Waals surface area (Å²) in [4.78, 5) is 27.8. The molecule has 0 heterocycles. The van der Waals surface area contributed by atoms with Crippen LogP contribution in [0.25, 0.3) is 0 Å². The first kappa shape index (κ1) is 28.0. The Kier molecular flexibility index (Phi) is 9.79. The SMILES string of the molecule is CC[C@H](C)NC(=O)[C@@H](C)N(Cc1ccccc1C)C(=O)CN(c1cc(Cl)ccc1Cl)S(C)(=O)=O. The molecule has 0 aliphatic carbocycles. The van der Waals surface area contributed by atoms with Crippen LogP contribution in [0.15, 0.2) is 42.5 Å². The number of hydrogen-bond donors (Lipinski definition) is 1. The molecule has 0 bridgehead atoms. The number of nitrogens with zero attached hydrogens (tertiary/aromatic N) is 2. The molecule has 0 saturated carbocycles. The molecule has 0 fully saturated rings. The van der Waals surface area contributed by atoms with Crippen molar-refractivity contribution in [1.82, 2.24) is 10.2 Å². The summed E-state index contributed by atoms with van der Waals surface area (Å²) < 4.78 is 26.2. The average Bonchev–Trinajstić information content (AvgIpc) is 2.77. The summed E-state index contributed by atoms with van der Waals surface area (Å²) in [6.45, 7) is 6.98. The Morgan fingerprint density at radius 3 is 2.32 bits per heavy atom. The van der Waals surface area contributed by atoms with Crippen LogP contribution in [0.2, 0.25) is 10.0 Å². The van der Waals surface area contributed by atoms with Crippen molar-refractivity contribution >= 4 is 50.7 Å². The Labute approximate surface area is 212 Å². The van der Waals surface area contributed by atoms with E-state index in [0.29, 0.717) is 0 Å². The first-order valence-corrected chi connectivity index (χ1v) is 13.5. The zero-order chi connectivity index (χ0) is 25.6. The van der Waals surface area contributed by atoms with Gasteiger partial charge in [0.2, 0.25) is 21.8 Å². The van der Waals surface area contributed by atoms with Crippen molar-refractivity contribution in [3.8, 4) is 0 Å². The van der Waals surface area contributed by atoms with Crippen LogP contribution in [0, 0.1) is 6.92 Å². The highest BCUT2D eigenvalue weighted by Crippen LogP contribution is 2.31. The van der Waals surface area contributed by atoms with Gasteiger partial charge >= 0.3 is 0 Å². The van der Waals surface area contributed by atoms with Gasteiger partial charge in [0.15, 0.2) is 0 Å². The normalized spacial score (nSPS) is 13.1. The molecule has 0 unspecified atom stereocenters. The van der Waals surface area contributed by atoms with E-state index >= 15 is 0 Å². The minimum Gasteiger partial charge on any atom is -0.352 e. The third kappa shape index (κ3) is 7.35. The first-order valence-electron chi connectivity index (χ1n) is 10.9. The minimum absolute atomic E-state index is 0.0665. The molecule has 186 valence electrons. The topological polar surface area (TPSA) is 86.8 Å². The van der Waals surface area contributed by atoms with Gasteiger partial charge in [-0.15, -0.1) is 0 Å². The van der Waals surface area contributed by atoms with Gasteiger partial charge < -0.3 is 10.2 Å². The molecular weight excluding hydrogens is 497 g/mol. The van der Waals surface area contributed by atoms with Gasteiger partial charge in [0.1, 0.15) is 12.6 Å². The van der Waals surface area contributed by atoms with E-state index in [2.05, 4.69) is 5.32 Å². The first-order chi connectivity index (χ1) is 15.8. The maximum atomic E-state index is 13.6. The molecule has 10 heteroatoms. The summed E-state index contributed by atoms with van der Waals surface area (Å²) in [5.74, 6) is -0.862. The van der Waals surface area contributed by atoms with Gasteiger partial charge in [0.25, 0.3) is 0 Å². The number of benzene rings is 2. The predicted molar refractivity (Wildman–Crippen MR) is 138 cm³/mol. The molecule has 0 spiro atoms. The number of anilines is 1. The second kappa shape index (κ2) is 11.9. The highest BCUT2D eigenvalue weighted by molar-refractivity contribution is 7.92. The Balaban J connectivity index is 2.45. The van der Waals surface area contributed by atoms with Crippen LogP contribution in [0.4, 0.5) is 5.69 Å². The number of hydrogen-bond acceptors (Lipinski definition) is 4. The summed E-state index contributed by atoms with van der Waals surface area (Å²) in [5.41, 5.74) is 1.90. The molecule has 2 amide bonds. The highest BCUT2D eigenvalue weighted by atomic mass is 35.5. The number of rotatable bonds is 10. The number of aryl methyl sites for hydroxylation is 1. The van der Waals surface area contributed by atoms with Crippen molar-refractivity contribution < 1.29 is 18.0 Å². The van der Waals surface area contributed by atoms with Gasteiger partial charge in [0, 0.05) is 17.6 Å². The van der Waals surface area contributed by atoms with Gasteiger partial charge in [-0.05, 0) is 56.5 Å². The number of carbonyl (C=O) groups is 2. The molecule has 2 aromatic carbocycles. The monoisotopic (exact) mass is 527 g/mol. The Bertz CT molecular complexity index is 1140. The molecule has 2 aromatic rings. The average molecular weight is 529 g/mol. The lowest BCUT2D eigenvalue weighted by atomic mass is 10.1. The van der Waals surface area contributed by atoms with Crippen LogP contribution in [-0.4, -0.2) is 50.0 Å². The third-order valence-electron chi connectivity index (χ3n) is 5.63. The highest BCUT2D eigenvalue weighted by Gasteiger charge is 2.31. The Morgan fingerprint density at radius 1 is 1.09 bits per heavy atom. The molecule has 0 aliphatic heterocycles. The zero-order valence-electron chi connectivity index (χ0n) is 20.0. The molecule has 2 rings (SSSR count). The Hall–Kier alpha value is -2.29. The van der Waals surface area contributed by atoms with Crippen molar-refractivity contribution in [3.05, 3.63) is 63.6 Å². The van der Waals surface area contributed by atoms with E-state index in [0.717, 1.165) is 28.1 Å². The van der Waals surface area contributed by atoms with Crippen LogP contribution < -0.4 is 9.62 Å². The van der Waals surface area contributed by atoms with Crippen LogP contribution in [0.3, 0.4) is 0 Å². The largest absolute Gasteiger partial charge is 0.352 e. The standard InChI is InChI=1S/C24H31Cl2N3O4S/c1-6-17(3)27-24(31)18(4)28(14-19-10-8-7-9-16(19)2)23(30)15-29(34(5,32)33)22-13-20(25)11-12-21(22)26/h7-13,17-18H,6,14-15H2,1-5H3,(H,27,31)/t17-,18+/m0/s1. The summed E-state index contributed by atoms with van der Waals surface area (Å²) in [5, 5.41) is 3.30. The van der Waals surface area contributed by atoms with Gasteiger partial charge in [-0.25, -0.2) is 8.42 Å². The van der Waals surface area contributed by atoms with Crippen LogP contribution in [0.5, 0.6) is 0 Å². The summed E-state index contributed by atoms with van der Waals surface area (Å²) in [7, 11) is -3.89. The van der Waals surface area contributed by atoms with Crippen LogP contribution in [-0.2, 0) is 26.2 Å². The molecule has 0 aliphatic rings. The van der Waals surface area contributed by atoms with Crippen LogP contribution >= 0.6 is 23.2 Å². The van der Waals surface area contributed by atoms with Gasteiger partial charge in [-0.3, -0.25) is 13.9 Å². The van der Waals surface area contributed by atoms with E-state index in [9.17, 15) is 18.0 Å². The molecule has 7 nitrogen and oxygen atoms in total. The van der Waals surface area contributed by atoms with Crippen molar-refractivity contribution in [2.24, 2.45) is 0 Å². The zero-order valence-corrected chi connectivity index (χ0v) is 22.3. The smallest absolute Gasteiger partial charge is 0.244 e. The Morgan fingerprint density at radius 2 is 1.74 bits per heavy atom. The van der Waals surface area contributed by atoms with Crippen molar-refractivity contribution in [2.45, 2.75) is 52.7 Å². The molecule has 2 atom stereocenters. The van der Waals surface area contributed by atoms with E-state index in [1.807, 2.05) is 45.0 Å². The van der Waals surface area contributed by atoms with Crippen molar-refractivity contribution in [3.63, 3.8) is 0 Å². The quantitative estimate of drug-likeness (QED) is 0.495. The second-order valence-electron chi connectivity index (χ2n) is 8.31. The summed E-state index contributed by atoms with van der Waals surface area (Å²) in [6, 6.07) is 11.0. The molecule has 1 N–H and O–H groups in total. The number of halogens is 2. The summed E-state index contributed by atoms with van der Waals surface area (Å²) in [6.07, 6.45) is 1.72. The van der Waals surface area contributed by atoms with Crippen molar-refractivity contribution in [1.29, 1.82) is 0 Å². The number of nitrogens with one attached hydrogen (secondary N) is 1. The molecule has 34 heavy (non-hydrogen) atoms. The van der Waals surface area contributed by atoms with Crippen molar-refractivity contribution in [2.75, 3.05) is 17.1 Å². The van der Waals surface area contributed by atoms with Gasteiger partial charge in [-0.2, -0.15) is 0 Å². The fourth-order valence-electron chi connectivity index (χ4n) is 3.29. The third-order valence-corrected chi connectivity index (χ3v) is 7.31. The van der Waals surface area contributed by atoms with E-state index < -0.39 is 28.5 Å². The predicted octanol–water partition coefficient (Wildman–Crippen LogP) is 4.40. The minimum atomic E-state index is -3.89. The lowest BCUT2D eigenvalue weighted by Gasteiger charge is -2.32. The van der Waals surface area contributed by atoms with E-state index in [1.54, 1.807) is 6.92 Å². The maximum absolute atomic E-state index is 13.6. The number of amides is 2. The lowest BCUT2D eigenvalue weighted by molar-refractivity contribution is -0.139. The number of sulfonamides is 1.